The predicted molar refractivity (Wildman–Crippen MR) is 103 cm³/mol. The fourth-order valence-electron chi connectivity index (χ4n) is 4.23. The fourth-order valence-corrected chi connectivity index (χ4v) is 4.23. The van der Waals surface area contributed by atoms with Crippen molar-refractivity contribution in [1.82, 2.24) is 9.80 Å². The van der Waals surface area contributed by atoms with Gasteiger partial charge >= 0.3 is 0 Å². The molecule has 0 aromatic heterocycles. The van der Waals surface area contributed by atoms with Crippen LogP contribution in [0.15, 0.2) is 24.3 Å². The van der Waals surface area contributed by atoms with Crippen molar-refractivity contribution in [2.24, 2.45) is 5.73 Å². The maximum absolute atomic E-state index is 13.1. The van der Waals surface area contributed by atoms with Gasteiger partial charge in [0.1, 0.15) is 0 Å². The normalized spacial score (nSPS) is 22.0. The molecular formula is C21H31N3O2. The van der Waals surface area contributed by atoms with Gasteiger partial charge in [-0.1, -0.05) is 25.0 Å². The number of carbonyl (C=O) groups is 2. The van der Waals surface area contributed by atoms with Crippen LogP contribution in [0.25, 0.3) is 0 Å². The highest BCUT2D eigenvalue weighted by Crippen LogP contribution is 2.23. The van der Waals surface area contributed by atoms with Gasteiger partial charge in [-0.25, -0.2) is 0 Å². The molecule has 5 nitrogen and oxygen atoms in total. The first-order valence-corrected chi connectivity index (χ1v) is 10.0. The largest absolute Gasteiger partial charge is 0.370 e. The summed E-state index contributed by atoms with van der Waals surface area (Å²) in [4.78, 5) is 28.8. The second-order valence-electron chi connectivity index (χ2n) is 7.71. The number of hydrogen-bond donors (Lipinski definition) is 1. The summed E-state index contributed by atoms with van der Waals surface area (Å²) in [6.07, 6.45) is 8.35. The smallest absolute Gasteiger partial charge is 0.254 e. The fraction of sp³-hybridized carbons (Fsp3) is 0.619. The third kappa shape index (κ3) is 5.07. The van der Waals surface area contributed by atoms with E-state index in [-0.39, 0.29) is 24.3 Å². The molecule has 0 spiro atoms. The van der Waals surface area contributed by atoms with Crippen LogP contribution in [0.5, 0.6) is 0 Å². The SMILES string of the molecule is NC(=O)C[C@@H]1CCCCN1C(=O)c1cccc(CN2CCCCCC2)c1. The molecule has 1 atom stereocenters. The monoisotopic (exact) mass is 357 g/mol. The Morgan fingerprint density at radius 2 is 1.73 bits per heavy atom. The summed E-state index contributed by atoms with van der Waals surface area (Å²) in [5.41, 5.74) is 7.31. The Morgan fingerprint density at radius 3 is 2.46 bits per heavy atom. The Balaban J connectivity index is 1.69. The summed E-state index contributed by atoms with van der Waals surface area (Å²) in [5, 5.41) is 0. The van der Waals surface area contributed by atoms with E-state index in [9.17, 15) is 9.59 Å². The second-order valence-corrected chi connectivity index (χ2v) is 7.71. The lowest BCUT2D eigenvalue weighted by molar-refractivity contribution is -0.119. The van der Waals surface area contributed by atoms with Crippen molar-refractivity contribution in [2.75, 3.05) is 19.6 Å². The maximum atomic E-state index is 13.1. The molecule has 5 heteroatoms. The molecule has 2 N–H and O–H groups in total. The third-order valence-electron chi connectivity index (χ3n) is 5.60. The number of primary amides is 1. The predicted octanol–water partition coefficient (Wildman–Crippen LogP) is 2.93. The molecule has 2 saturated heterocycles. The molecular weight excluding hydrogens is 326 g/mol. The van der Waals surface area contributed by atoms with Crippen LogP contribution < -0.4 is 5.73 Å². The van der Waals surface area contributed by atoms with Gasteiger partial charge in [0.2, 0.25) is 5.91 Å². The van der Waals surface area contributed by atoms with Crippen LogP contribution in [-0.2, 0) is 11.3 Å². The molecule has 2 aliphatic rings. The van der Waals surface area contributed by atoms with Crippen LogP contribution in [0.3, 0.4) is 0 Å². The van der Waals surface area contributed by atoms with Gasteiger partial charge in [0.15, 0.2) is 0 Å². The molecule has 2 amide bonds. The summed E-state index contributed by atoms with van der Waals surface area (Å²) in [6.45, 7) is 3.91. The average Bonchev–Trinajstić information content (AvgIpc) is 2.90. The van der Waals surface area contributed by atoms with E-state index in [1.54, 1.807) is 0 Å². The van der Waals surface area contributed by atoms with Gasteiger partial charge in [0, 0.05) is 31.1 Å². The molecule has 0 unspecified atom stereocenters. The topological polar surface area (TPSA) is 66.6 Å². The van der Waals surface area contributed by atoms with E-state index in [1.807, 2.05) is 23.1 Å². The van der Waals surface area contributed by atoms with Gasteiger partial charge in [-0.05, 0) is 62.9 Å². The molecule has 1 aromatic carbocycles. The minimum absolute atomic E-state index is 0.0358. The van der Waals surface area contributed by atoms with Gasteiger partial charge in [-0.2, -0.15) is 0 Å². The summed E-state index contributed by atoms with van der Waals surface area (Å²) in [7, 11) is 0. The first-order chi connectivity index (χ1) is 12.6. The number of hydrogen-bond acceptors (Lipinski definition) is 3. The molecule has 0 saturated carbocycles. The van der Waals surface area contributed by atoms with Gasteiger partial charge in [-0.15, -0.1) is 0 Å². The summed E-state index contributed by atoms with van der Waals surface area (Å²) < 4.78 is 0. The zero-order valence-electron chi connectivity index (χ0n) is 15.7. The Morgan fingerprint density at radius 1 is 1.00 bits per heavy atom. The zero-order valence-corrected chi connectivity index (χ0v) is 15.7. The Hall–Kier alpha value is -1.88. The lowest BCUT2D eigenvalue weighted by Gasteiger charge is -2.35. The van der Waals surface area contributed by atoms with E-state index in [0.29, 0.717) is 6.54 Å². The number of carbonyl (C=O) groups excluding carboxylic acids is 2. The van der Waals surface area contributed by atoms with Crippen LogP contribution >= 0.6 is 0 Å². The third-order valence-corrected chi connectivity index (χ3v) is 5.60. The second kappa shape index (κ2) is 9.17. The Kier molecular flexibility index (Phi) is 6.67. The van der Waals surface area contributed by atoms with E-state index >= 15 is 0 Å². The molecule has 142 valence electrons. The number of nitrogens with zero attached hydrogens (tertiary/aromatic N) is 2. The highest BCUT2D eigenvalue weighted by molar-refractivity contribution is 5.95. The molecule has 0 radical (unpaired) electrons. The molecule has 0 bridgehead atoms. The van der Waals surface area contributed by atoms with Gasteiger partial charge in [0.25, 0.3) is 5.91 Å². The number of amides is 2. The van der Waals surface area contributed by atoms with Gasteiger partial charge in [0.05, 0.1) is 0 Å². The van der Waals surface area contributed by atoms with Crippen molar-refractivity contribution in [2.45, 2.75) is 64.0 Å². The first-order valence-electron chi connectivity index (χ1n) is 10.0. The van der Waals surface area contributed by atoms with E-state index in [1.165, 1.54) is 31.2 Å². The maximum Gasteiger partial charge on any atom is 0.254 e. The zero-order chi connectivity index (χ0) is 18.4. The average molecular weight is 357 g/mol. The highest BCUT2D eigenvalue weighted by atomic mass is 16.2. The van der Waals surface area contributed by atoms with Crippen LogP contribution in [0.4, 0.5) is 0 Å². The molecule has 0 aliphatic carbocycles. The quantitative estimate of drug-likeness (QED) is 0.881. The summed E-state index contributed by atoms with van der Waals surface area (Å²) in [5.74, 6) is -0.293. The van der Waals surface area contributed by atoms with E-state index in [0.717, 1.165) is 44.5 Å². The van der Waals surface area contributed by atoms with Crippen molar-refractivity contribution >= 4 is 11.8 Å². The number of likely N-dealkylation sites (tertiary alicyclic amines) is 2. The Bertz CT molecular complexity index is 623. The van der Waals surface area contributed by atoms with Crippen molar-refractivity contribution < 1.29 is 9.59 Å². The highest BCUT2D eigenvalue weighted by Gasteiger charge is 2.28. The first kappa shape index (κ1) is 18.9. The molecule has 2 fully saturated rings. The molecule has 1 aromatic rings. The van der Waals surface area contributed by atoms with Crippen LogP contribution in [0.1, 0.15) is 67.3 Å². The summed E-state index contributed by atoms with van der Waals surface area (Å²) >= 11 is 0. The van der Waals surface area contributed by atoms with Gasteiger partial charge < -0.3 is 10.6 Å². The number of rotatable bonds is 5. The molecule has 3 rings (SSSR count). The van der Waals surface area contributed by atoms with Gasteiger partial charge in [-0.3, -0.25) is 14.5 Å². The number of piperidine rings is 1. The lowest BCUT2D eigenvalue weighted by Crippen LogP contribution is -2.45. The van der Waals surface area contributed by atoms with E-state index in [2.05, 4.69) is 11.0 Å². The summed E-state index contributed by atoms with van der Waals surface area (Å²) in [6, 6.07) is 7.96. The Labute approximate surface area is 156 Å². The number of benzene rings is 1. The molecule has 26 heavy (non-hydrogen) atoms. The van der Waals surface area contributed by atoms with Crippen molar-refractivity contribution in [3.8, 4) is 0 Å². The van der Waals surface area contributed by atoms with Crippen molar-refractivity contribution in [1.29, 1.82) is 0 Å². The van der Waals surface area contributed by atoms with E-state index in [4.69, 9.17) is 5.73 Å². The van der Waals surface area contributed by atoms with Crippen LogP contribution in [-0.4, -0.2) is 47.3 Å². The van der Waals surface area contributed by atoms with Crippen LogP contribution in [0.2, 0.25) is 0 Å². The van der Waals surface area contributed by atoms with E-state index < -0.39 is 0 Å². The number of nitrogens with two attached hydrogens (primary N) is 1. The standard InChI is InChI=1S/C21H31N3O2/c22-20(25)15-19-10-3-6-13-24(19)21(26)18-9-7-8-17(14-18)16-23-11-4-1-2-5-12-23/h7-9,14,19H,1-6,10-13,15-16H2,(H2,22,25)/t19-/m0/s1. The van der Waals surface area contributed by atoms with Crippen LogP contribution in [0, 0.1) is 0 Å². The lowest BCUT2D eigenvalue weighted by atomic mass is 9.97. The van der Waals surface area contributed by atoms with Crippen molar-refractivity contribution in [3.05, 3.63) is 35.4 Å². The molecule has 2 heterocycles. The minimum Gasteiger partial charge on any atom is -0.370 e. The van der Waals surface area contributed by atoms with Crippen molar-refractivity contribution in [3.63, 3.8) is 0 Å². The molecule has 2 aliphatic heterocycles. The minimum atomic E-state index is -0.329.